The molecule has 0 aliphatic carbocycles. The van der Waals surface area contributed by atoms with E-state index in [0.717, 1.165) is 5.56 Å². The Balaban J connectivity index is 2.78. The summed E-state index contributed by atoms with van der Waals surface area (Å²) in [6.45, 7) is 5.61. The first-order chi connectivity index (χ1) is 10.4. The highest BCUT2D eigenvalue weighted by molar-refractivity contribution is 5.65. The van der Waals surface area contributed by atoms with Gasteiger partial charge in [0.25, 0.3) is 0 Å². The van der Waals surface area contributed by atoms with Crippen molar-refractivity contribution in [1.82, 2.24) is 4.98 Å². The number of nitrogens with two attached hydrogens (primary N) is 1. The first kappa shape index (κ1) is 19.1. The molecule has 130 valence electrons. The molecule has 0 fully saturated rings. The minimum absolute atomic E-state index is 0.0350. The number of aromatic nitrogens is 1. The summed E-state index contributed by atoms with van der Waals surface area (Å²) in [4.78, 5) is 14.8. The van der Waals surface area contributed by atoms with E-state index in [1.165, 1.54) is 6.20 Å². The van der Waals surface area contributed by atoms with Gasteiger partial charge in [0.2, 0.25) is 5.88 Å². The number of hydrogen-bond acceptors (Lipinski definition) is 4. The molecule has 5 nitrogen and oxygen atoms in total. The molecule has 0 radical (unpaired) electrons. The van der Waals surface area contributed by atoms with Crippen LogP contribution in [0, 0.1) is 6.92 Å². The Bertz CT molecular complexity index is 559. The number of hydrogen-bond donors (Lipinski definition) is 1. The maximum Gasteiger partial charge on any atom is 0.422 e. The van der Waals surface area contributed by atoms with Gasteiger partial charge in [0, 0.05) is 11.8 Å². The summed E-state index contributed by atoms with van der Waals surface area (Å²) in [6.07, 6.45) is -3.31. The van der Waals surface area contributed by atoms with Gasteiger partial charge in [0.1, 0.15) is 5.60 Å². The van der Waals surface area contributed by atoms with Gasteiger partial charge in [-0.25, -0.2) is 9.78 Å². The molecule has 1 atom stereocenters. The quantitative estimate of drug-likeness (QED) is 0.861. The predicted octanol–water partition coefficient (Wildman–Crippen LogP) is 3.70. The molecule has 23 heavy (non-hydrogen) atoms. The fraction of sp³-hybridized carbons (Fsp3) is 0.600. The van der Waals surface area contributed by atoms with Crippen molar-refractivity contribution in [3.05, 3.63) is 23.4 Å². The van der Waals surface area contributed by atoms with E-state index in [4.69, 9.17) is 10.5 Å². The van der Waals surface area contributed by atoms with Crippen molar-refractivity contribution in [2.45, 2.75) is 51.8 Å². The van der Waals surface area contributed by atoms with Crippen LogP contribution in [0.1, 0.15) is 44.2 Å². The monoisotopic (exact) mass is 334 g/mol. The zero-order valence-corrected chi connectivity index (χ0v) is 13.5. The molecule has 8 heteroatoms. The number of carbonyl (C=O) groups is 1. The molecular weight excluding hydrogens is 313 g/mol. The fourth-order valence-corrected chi connectivity index (χ4v) is 2.32. The molecule has 0 saturated carbocycles. The highest BCUT2D eigenvalue weighted by atomic mass is 19.4. The van der Waals surface area contributed by atoms with Crippen molar-refractivity contribution >= 4 is 6.09 Å². The lowest BCUT2D eigenvalue weighted by atomic mass is 9.89. The lowest BCUT2D eigenvalue weighted by Crippen LogP contribution is -2.32. The predicted molar refractivity (Wildman–Crippen MR) is 78.3 cm³/mol. The number of pyridine rings is 1. The molecular formula is C15H21F3N2O3. The van der Waals surface area contributed by atoms with E-state index in [-0.39, 0.29) is 11.8 Å². The average Bonchev–Trinajstić information content (AvgIpc) is 2.33. The zero-order valence-electron chi connectivity index (χ0n) is 13.5. The Morgan fingerprint density at radius 3 is 2.48 bits per heavy atom. The molecule has 0 bridgehead atoms. The van der Waals surface area contributed by atoms with Crippen LogP contribution in [-0.4, -0.2) is 29.5 Å². The summed E-state index contributed by atoms with van der Waals surface area (Å²) in [6, 6.07) is 1.71. The van der Waals surface area contributed by atoms with Gasteiger partial charge >= 0.3 is 12.3 Å². The summed E-state index contributed by atoms with van der Waals surface area (Å²) >= 11 is 0. The van der Waals surface area contributed by atoms with Crippen molar-refractivity contribution in [3.63, 3.8) is 0 Å². The van der Waals surface area contributed by atoms with E-state index in [2.05, 4.69) is 9.72 Å². The Kier molecular flexibility index (Phi) is 5.85. The summed E-state index contributed by atoms with van der Waals surface area (Å²) in [5.74, 6) is -0.0851. The summed E-state index contributed by atoms with van der Waals surface area (Å²) in [5.41, 5.74) is 5.58. The van der Waals surface area contributed by atoms with Crippen LogP contribution in [-0.2, 0) is 4.74 Å². The van der Waals surface area contributed by atoms with E-state index >= 15 is 0 Å². The number of alkyl halides is 3. The van der Waals surface area contributed by atoms with Gasteiger partial charge in [-0.05, 0) is 44.7 Å². The van der Waals surface area contributed by atoms with Crippen molar-refractivity contribution in [2.24, 2.45) is 5.73 Å². The maximum absolute atomic E-state index is 12.2. The van der Waals surface area contributed by atoms with Crippen LogP contribution in [0.25, 0.3) is 0 Å². The van der Waals surface area contributed by atoms with Gasteiger partial charge in [-0.1, -0.05) is 6.92 Å². The lowest BCUT2D eigenvalue weighted by Gasteiger charge is -2.27. The molecule has 0 spiro atoms. The highest BCUT2D eigenvalue weighted by Crippen LogP contribution is 2.30. The number of rotatable bonds is 6. The van der Waals surface area contributed by atoms with E-state index in [1.807, 2.05) is 6.92 Å². The smallest absolute Gasteiger partial charge is 0.422 e. The first-order valence-electron chi connectivity index (χ1n) is 7.04. The molecule has 1 rings (SSSR count). The number of nitrogens with zero attached hydrogens (tertiary/aromatic N) is 1. The molecule has 0 saturated heterocycles. The van der Waals surface area contributed by atoms with E-state index < -0.39 is 24.5 Å². The molecule has 1 amide bonds. The molecule has 0 aromatic carbocycles. The average molecular weight is 334 g/mol. The molecule has 1 heterocycles. The normalized spacial score (nSPS) is 13.5. The van der Waals surface area contributed by atoms with E-state index in [1.54, 1.807) is 26.8 Å². The minimum Gasteiger partial charge on any atom is -0.468 e. The molecule has 0 aliphatic rings. The van der Waals surface area contributed by atoms with Crippen molar-refractivity contribution in [1.29, 1.82) is 0 Å². The number of amides is 1. The van der Waals surface area contributed by atoms with Crippen LogP contribution in [0.5, 0.6) is 5.88 Å². The Morgan fingerprint density at radius 1 is 1.39 bits per heavy atom. The molecule has 1 unspecified atom stereocenters. The third-order valence-electron chi connectivity index (χ3n) is 3.17. The van der Waals surface area contributed by atoms with Crippen LogP contribution in [0.4, 0.5) is 18.0 Å². The summed E-state index contributed by atoms with van der Waals surface area (Å²) in [7, 11) is 0. The van der Waals surface area contributed by atoms with Gasteiger partial charge in [0.05, 0.1) is 0 Å². The lowest BCUT2D eigenvalue weighted by molar-refractivity contribution is -0.154. The molecule has 1 aromatic heterocycles. The van der Waals surface area contributed by atoms with Crippen LogP contribution in [0.2, 0.25) is 0 Å². The van der Waals surface area contributed by atoms with Crippen molar-refractivity contribution in [3.8, 4) is 5.88 Å². The fourth-order valence-electron chi connectivity index (χ4n) is 2.32. The number of aryl methyl sites for hydroxylation is 1. The summed E-state index contributed by atoms with van der Waals surface area (Å²) in [5, 5.41) is 0. The number of ether oxygens (including phenoxy) is 2. The Hall–Kier alpha value is -1.99. The molecule has 2 N–H and O–H groups in total. The second-order valence-electron chi connectivity index (χ2n) is 6.08. The largest absolute Gasteiger partial charge is 0.468 e. The third-order valence-corrected chi connectivity index (χ3v) is 3.17. The Morgan fingerprint density at radius 2 is 2.00 bits per heavy atom. The van der Waals surface area contributed by atoms with Gasteiger partial charge in [0.15, 0.2) is 6.61 Å². The minimum atomic E-state index is -4.41. The first-order valence-corrected chi connectivity index (χ1v) is 7.04. The number of primary amides is 1. The molecule has 0 aliphatic heterocycles. The van der Waals surface area contributed by atoms with Crippen LogP contribution < -0.4 is 10.5 Å². The van der Waals surface area contributed by atoms with Crippen molar-refractivity contribution in [2.75, 3.05) is 6.61 Å². The highest BCUT2D eigenvalue weighted by Gasteiger charge is 2.29. The SMILES string of the molecule is Cc1cc(C(C)CC(C)(C)OC(N)=O)cnc1OCC(F)(F)F. The van der Waals surface area contributed by atoms with Crippen LogP contribution in [0.15, 0.2) is 12.3 Å². The van der Waals surface area contributed by atoms with E-state index in [0.29, 0.717) is 12.0 Å². The third kappa shape index (κ3) is 6.75. The van der Waals surface area contributed by atoms with Crippen LogP contribution in [0.3, 0.4) is 0 Å². The standard InChI is InChI=1S/C15H21F3N2O3/c1-9-5-11(7-20-12(9)22-8-15(16,17)18)10(2)6-14(3,4)23-13(19)21/h5,7,10H,6,8H2,1-4H3,(H2,19,21). The van der Waals surface area contributed by atoms with Gasteiger partial charge in [-0.3, -0.25) is 0 Å². The van der Waals surface area contributed by atoms with Gasteiger partial charge in [-0.15, -0.1) is 0 Å². The molecule has 1 aromatic rings. The van der Waals surface area contributed by atoms with Crippen LogP contribution >= 0.6 is 0 Å². The number of carbonyl (C=O) groups excluding carboxylic acids is 1. The Labute approximate surface area is 133 Å². The van der Waals surface area contributed by atoms with Crippen molar-refractivity contribution < 1.29 is 27.4 Å². The summed E-state index contributed by atoms with van der Waals surface area (Å²) < 4.78 is 46.2. The van der Waals surface area contributed by atoms with Gasteiger partial charge < -0.3 is 15.2 Å². The maximum atomic E-state index is 12.2. The topological polar surface area (TPSA) is 74.4 Å². The second kappa shape index (κ2) is 7.06. The van der Waals surface area contributed by atoms with Gasteiger partial charge in [-0.2, -0.15) is 13.2 Å². The second-order valence-corrected chi connectivity index (χ2v) is 6.08. The van der Waals surface area contributed by atoms with E-state index in [9.17, 15) is 18.0 Å². The number of halogens is 3. The zero-order chi connectivity index (χ0) is 17.8.